The first-order valence-electron chi connectivity index (χ1n) is 14.9. The zero-order valence-electron chi connectivity index (χ0n) is 28.7. The van der Waals surface area contributed by atoms with Crippen molar-refractivity contribution in [3.8, 4) is 0 Å². The van der Waals surface area contributed by atoms with Crippen LogP contribution in [0.1, 0.15) is 83.1 Å². The van der Waals surface area contributed by atoms with Crippen LogP contribution in [0.5, 0.6) is 0 Å². The third-order valence-corrected chi connectivity index (χ3v) is 10.2. The average Bonchev–Trinajstić information content (AvgIpc) is 3.37. The maximum absolute atomic E-state index is 7.05. The molecule has 5 rings (SSSR count). The van der Waals surface area contributed by atoms with Crippen molar-refractivity contribution in [1.29, 1.82) is 0 Å². The zero-order chi connectivity index (χ0) is 35.1. The molecule has 0 spiro atoms. The fraction of sp³-hybridized carbons (Fsp3) is 0.562. The molecule has 3 saturated heterocycles. The Balaban J connectivity index is 0.000000196. The van der Waals surface area contributed by atoms with E-state index in [1.165, 1.54) is 0 Å². The van der Waals surface area contributed by atoms with Gasteiger partial charge in [-0.05, 0) is 119 Å². The van der Waals surface area contributed by atoms with Crippen LogP contribution in [0.2, 0.25) is 10.0 Å². The number of nitrogens with zero attached hydrogens (tertiary/aromatic N) is 2. The van der Waals surface area contributed by atoms with Crippen molar-refractivity contribution in [2.45, 2.75) is 117 Å². The number of halogens is 3. The van der Waals surface area contributed by atoms with E-state index in [4.69, 9.17) is 64.3 Å². The Morgan fingerprint density at radius 2 is 0.848 bits per heavy atom. The Labute approximate surface area is 294 Å². The molecule has 0 aliphatic carbocycles. The van der Waals surface area contributed by atoms with Gasteiger partial charge in [-0.15, -0.1) is 0 Å². The molecular weight excluding hydrogens is 692 g/mol. The summed E-state index contributed by atoms with van der Waals surface area (Å²) >= 11 is 14.9. The average molecular weight is 734 g/mol. The van der Waals surface area contributed by atoms with Gasteiger partial charge in [0.1, 0.15) is 0 Å². The van der Waals surface area contributed by atoms with E-state index in [9.17, 15) is 0 Å². The quantitative estimate of drug-likeness (QED) is 0.227. The number of rotatable bonds is 2. The van der Waals surface area contributed by atoms with E-state index in [0.717, 1.165) is 9.94 Å². The van der Waals surface area contributed by atoms with E-state index < -0.39 is 32.3 Å². The SMILES string of the molecule is CC1(C)OB(B2OC(C)(C)C(C)(C)O2)OC1(C)C.[C-]#[N+]c1cc(Cl)cc(B2OC(C)(C)C(C)(C)O2)c1.[C-]#[N+]c1cc(Cl)cc(Br)c1. The Morgan fingerprint density at radius 3 is 1.20 bits per heavy atom. The Bertz CT molecular complexity index is 1420. The van der Waals surface area contributed by atoms with E-state index >= 15 is 0 Å². The van der Waals surface area contributed by atoms with Crippen LogP contribution in [0.25, 0.3) is 9.69 Å². The molecule has 3 aliphatic rings. The van der Waals surface area contributed by atoms with Crippen LogP contribution in [0.3, 0.4) is 0 Å². The number of hydrogen-bond acceptors (Lipinski definition) is 6. The van der Waals surface area contributed by atoms with Crippen LogP contribution in [-0.4, -0.2) is 54.7 Å². The van der Waals surface area contributed by atoms with Crippen molar-refractivity contribution >= 4 is 77.1 Å². The number of benzene rings is 2. The topological polar surface area (TPSA) is 64.1 Å². The van der Waals surface area contributed by atoms with Gasteiger partial charge in [-0.3, -0.25) is 0 Å². The van der Waals surface area contributed by atoms with Gasteiger partial charge < -0.3 is 27.9 Å². The molecule has 0 unspecified atom stereocenters. The van der Waals surface area contributed by atoms with Gasteiger partial charge in [-0.2, -0.15) is 0 Å². The first-order chi connectivity index (χ1) is 20.8. The Morgan fingerprint density at radius 1 is 0.522 bits per heavy atom. The highest BCUT2D eigenvalue weighted by atomic mass is 79.9. The molecule has 0 radical (unpaired) electrons. The van der Waals surface area contributed by atoms with Crippen molar-refractivity contribution in [2.75, 3.05) is 0 Å². The molecule has 3 heterocycles. The minimum absolute atomic E-state index is 0.360. The minimum atomic E-state index is -0.478. The van der Waals surface area contributed by atoms with Crippen LogP contribution >= 0.6 is 39.1 Å². The van der Waals surface area contributed by atoms with Crippen molar-refractivity contribution in [1.82, 2.24) is 0 Å². The van der Waals surface area contributed by atoms with Crippen LogP contribution in [0.15, 0.2) is 40.9 Å². The first-order valence-corrected chi connectivity index (χ1v) is 16.5. The van der Waals surface area contributed by atoms with Crippen molar-refractivity contribution in [3.05, 3.63) is 73.8 Å². The molecule has 0 saturated carbocycles. The molecule has 0 amide bonds. The zero-order valence-corrected chi connectivity index (χ0v) is 31.8. The summed E-state index contributed by atoms with van der Waals surface area (Å²) in [6, 6.07) is 10.2. The van der Waals surface area contributed by atoms with Gasteiger partial charge in [0, 0.05) is 14.5 Å². The van der Waals surface area contributed by atoms with Crippen molar-refractivity contribution in [2.24, 2.45) is 0 Å². The molecular formula is C32H42B3BrCl2N2O6. The lowest BCUT2D eigenvalue weighted by molar-refractivity contribution is 0.00578. The highest BCUT2D eigenvalue weighted by molar-refractivity contribution is 9.10. The van der Waals surface area contributed by atoms with Gasteiger partial charge in [0.25, 0.3) is 0 Å². The molecule has 2 aromatic rings. The fourth-order valence-corrected chi connectivity index (χ4v) is 5.46. The van der Waals surface area contributed by atoms with E-state index in [2.05, 4.69) is 25.6 Å². The predicted molar refractivity (Wildman–Crippen MR) is 191 cm³/mol. The molecule has 0 N–H and O–H groups in total. The van der Waals surface area contributed by atoms with Gasteiger partial charge >= 0.3 is 21.1 Å². The Hall–Kier alpha value is -1.57. The molecule has 14 heteroatoms. The van der Waals surface area contributed by atoms with E-state index in [0.29, 0.717) is 21.4 Å². The third-order valence-electron chi connectivity index (χ3n) is 9.30. The first kappa shape index (κ1) is 38.9. The summed E-state index contributed by atoms with van der Waals surface area (Å²) < 4.78 is 36.5. The Kier molecular flexibility index (Phi) is 11.6. The van der Waals surface area contributed by atoms with Crippen molar-refractivity contribution < 1.29 is 27.9 Å². The van der Waals surface area contributed by atoms with Crippen LogP contribution < -0.4 is 5.46 Å². The van der Waals surface area contributed by atoms with Gasteiger partial charge in [0.05, 0.1) is 46.8 Å². The highest BCUT2D eigenvalue weighted by Crippen LogP contribution is 2.43. The molecule has 0 bridgehead atoms. The van der Waals surface area contributed by atoms with Gasteiger partial charge in [-0.1, -0.05) is 45.2 Å². The lowest BCUT2D eigenvalue weighted by atomic mass is 9.49. The van der Waals surface area contributed by atoms with Crippen LogP contribution in [-0.2, 0) is 27.9 Å². The molecule has 0 aromatic heterocycles. The standard InChI is InChI=1S/C13H15BClNO2.C12H24B2O4.C7H3BrClN/c1-12(2)13(3,4)18-14(17-12)9-6-10(15)8-11(7-9)16-5;1-9(2)10(3,4)16-13(15-9)14-17-11(5,6)12(7,8)18-14;1-10-7-3-5(8)2-6(9)4-7/h6-8H,1-4H3;1-8H3;2-4H. The van der Waals surface area contributed by atoms with E-state index in [1.807, 2.05) is 83.1 Å². The molecule has 3 fully saturated rings. The molecule has 0 atom stereocenters. The number of hydrogen-bond donors (Lipinski definition) is 0. The lowest BCUT2D eigenvalue weighted by Gasteiger charge is -2.32. The summed E-state index contributed by atoms with van der Waals surface area (Å²) in [4.78, 5) is 6.62. The summed E-state index contributed by atoms with van der Waals surface area (Å²) in [5.41, 5.74) is -0.389. The highest BCUT2D eigenvalue weighted by Gasteiger charge is 2.63. The van der Waals surface area contributed by atoms with E-state index in [1.54, 1.807) is 36.4 Å². The summed E-state index contributed by atoms with van der Waals surface area (Å²) in [5, 5.41) is 1.11. The summed E-state index contributed by atoms with van der Waals surface area (Å²) in [6.45, 7) is 37.9. The second-order valence-electron chi connectivity index (χ2n) is 14.4. The van der Waals surface area contributed by atoms with Crippen LogP contribution in [0.4, 0.5) is 11.4 Å². The van der Waals surface area contributed by atoms with Gasteiger partial charge in [-0.25, -0.2) is 9.69 Å². The van der Waals surface area contributed by atoms with Gasteiger partial charge in [0.2, 0.25) is 0 Å². The lowest BCUT2D eigenvalue weighted by Crippen LogP contribution is -2.41. The predicted octanol–water partition coefficient (Wildman–Crippen LogP) is 9.09. The summed E-state index contributed by atoms with van der Waals surface area (Å²) in [5.74, 6) is 0. The monoisotopic (exact) mass is 732 g/mol. The fourth-order valence-electron chi connectivity index (χ4n) is 4.38. The summed E-state index contributed by atoms with van der Waals surface area (Å²) in [7, 11) is -1.43. The van der Waals surface area contributed by atoms with E-state index in [-0.39, 0.29) is 22.4 Å². The molecule has 246 valence electrons. The normalized spacial score (nSPS) is 22.6. The molecule has 3 aliphatic heterocycles. The van der Waals surface area contributed by atoms with Crippen LogP contribution in [0, 0.1) is 13.1 Å². The maximum Gasteiger partial charge on any atom is 0.493 e. The largest absolute Gasteiger partial charge is 0.493 e. The minimum Gasteiger partial charge on any atom is -0.405 e. The molecule has 8 nitrogen and oxygen atoms in total. The summed E-state index contributed by atoms with van der Waals surface area (Å²) in [6.07, 6.45) is 0. The van der Waals surface area contributed by atoms with Gasteiger partial charge in [0.15, 0.2) is 11.4 Å². The third kappa shape index (κ3) is 8.71. The molecule has 2 aromatic carbocycles. The molecule has 46 heavy (non-hydrogen) atoms. The smallest absolute Gasteiger partial charge is 0.405 e. The maximum atomic E-state index is 7.05. The second-order valence-corrected chi connectivity index (χ2v) is 16.2. The second kappa shape index (κ2) is 13.7. The van der Waals surface area contributed by atoms with Crippen molar-refractivity contribution in [3.63, 3.8) is 0 Å².